The highest BCUT2D eigenvalue weighted by atomic mass is 35.5. The summed E-state index contributed by atoms with van der Waals surface area (Å²) in [6, 6.07) is 12.3. The molecule has 0 amide bonds. The van der Waals surface area contributed by atoms with E-state index in [9.17, 15) is 8.42 Å². The van der Waals surface area contributed by atoms with Crippen molar-refractivity contribution >= 4 is 21.6 Å². The van der Waals surface area contributed by atoms with Gasteiger partial charge in [-0.15, -0.1) is 0 Å². The molecule has 2 atom stereocenters. The van der Waals surface area contributed by atoms with Crippen LogP contribution in [0.1, 0.15) is 31.4 Å². The van der Waals surface area contributed by atoms with Crippen LogP contribution in [0.5, 0.6) is 0 Å². The third kappa shape index (κ3) is 6.01. The summed E-state index contributed by atoms with van der Waals surface area (Å²) in [5.74, 6) is 0.472. The number of hydrogen-bond donors (Lipinski definition) is 1. The van der Waals surface area contributed by atoms with Crippen molar-refractivity contribution in [1.82, 2.24) is 14.6 Å². The van der Waals surface area contributed by atoms with Crippen LogP contribution in [-0.4, -0.2) is 37.9 Å². The highest BCUT2D eigenvalue weighted by molar-refractivity contribution is 7.89. The van der Waals surface area contributed by atoms with Gasteiger partial charge in [-0.05, 0) is 62.6 Å². The van der Waals surface area contributed by atoms with Gasteiger partial charge in [-0.3, -0.25) is 4.98 Å². The molecule has 27 heavy (non-hydrogen) atoms. The van der Waals surface area contributed by atoms with Crippen LogP contribution in [-0.2, 0) is 16.6 Å². The van der Waals surface area contributed by atoms with E-state index in [1.165, 1.54) is 6.07 Å². The predicted molar refractivity (Wildman–Crippen MR) is 108 cm³/mol. The van der Waals surface area contributed by atoms with Crippen molar-refractivity contribution in [3.8, 4) is 0 Å². The van der Waals surface area contributed by atoms with E-state index in [-0.39, 0.29) is 10.9 Å². The van der Waals surface area contributed by atoms with E-state index in [4.69, 9.17) is 11.6 Å². The highest BCUT2D eigenvalue weighted by Gasteiger charge is 2.27. The predicted octanol–water partition coefficient (Wildman–Crippen LogP) is 3.70. The van der Waals surface area contributed by atoms with E-state index >= 15 is 0 Å². The monoisotopic (exact) mass is 407 g/mol. The Hall–Kier alpha value is -1.47. The molecule has 7 heteroatoms. The van der Waals surface area contributed by atoms with Gasteiger partial charge in [0.05, 0.1) is 10.6 Å². The Bertz CT molecular complexity index is 845. The van der Waals surface area contributed by atoms with Gasteiger partial charge in [0.1, 0.15) is 0 Å². The summed E-state index contributed by atoms with van der Waals surface area (Å²) in [6.07, 6.45) is 5.70. The number of sulfonamides is 1. The molecule has 1 N–H and O–H groups in total. The molecule has 0 aliphatic heterocycles. The first-order chi connectivity index (χ1) is 12.9. The minimum absolute atomic E-state index is 0.0315. The average molecular weight is 408 g/mol. The van der Waals surface area contributed by atoms with Gasteiger partial charge in [-0.25, -0.2) is 13.1 Å². The van der Waals surface area contributed by atoms with E-state index in [1.807, 2.05) is 24.4 Å². The Labute approximate surface area is 166 Å². The van der Waals surface area contributed by atoms with Crippen molar-refractivity contribution in [1.29, 1.82) is 0 Å². The van der Waals surface area contributed by atoms with Crippen LogP contribution in [0.3, 0.4) is 0 Å². The SMILES string of the molecule is CN(Cc1ccccn1)C[C@@H]1CCC[C@@H](NS(=O)(=O)c2cccc(Cl)c2)C1. The molecular formula is C20H26ClN3O2S. The lowest BCUT2D eigenvalue weighted by Crippen LogP contribution is -2.40. The third-order valence-corrected chi connectivity index (χ3v) is 6.69. The van der Waals surface area contributed by atoms with Crippen LogP contribution in [0.25, 0.3) is 0 Å². The number of rotatable bonds is 7. The summed E-state index contributed by atoms with van der Waals surface area (Å²) >= 11 is 5.94. The largest absolute Gasteiger partial charge is 0.300 e. The van der Waals surface area contributed by atoms with Gasteiger partial charge in [0.2, 0.25) is 10.0 Å². The van der Waals surface area contributed by atoms with Gasteiger partial charge in [0, 0.05) is 30.4 Å². The normalized spacial score (nSPS) is 20.7. The fraction of sp³-hybridized carbons (Fsp3) is 0.450. The van der Waals surface area contributed by atoms with Crippen molar-refractivity contribution in [3.05, 3.63) is 59.4 Å². The Morgan fingerprint density at radius 1 is 1.22 bits per heavy atom. The zero-order valence-electron chi connectivity index (χ0n) is 15.5. The fourth-order valence-electron chi connectivity index (χ4n) is 3.76. The molecule has 0 spiro atoms. The topological polar surface area (TPSA) is 62.3 Å². The molecule has 1 aliphatic rings. The number of nitrogens with one attached hydrogen (secondary N) is 1. The minimum Gasteiger partial charge on any atom is -0.300 e. The average Bonchev–Trinajstić information content (AvgIpc) is 2.62. The van der Waals surface area contributed by atoms with Crippen molar-refractivity contribution in [2.24, 2.45) is 5.92 Å². The second kappa shape index (κ2) is 9.15. The lowest BCUT2D eigenvalue weighted by molar-refractivity contribution is 0.210. The molecule has 1 saturated carbocycles. The Balaban J connectivity index is 1.56. The van der Waals surface area contributed by atoms with Gasteiger partial charge >= 0.3 is 0 Å². The van der Waals surface area contributed by atoms with E-state index < -0.39 is 10.0 Å². The molecule has 1 fully saturated rings. The number of pyridine rings is 1. The second-order valence-corrected chi connectivity index (χ2v) is 9.48. The van der Waals surface area contributed by atoms with Gasteiger partial charge in [0.15, 0.2) is 0 Å². The Kier molecular flexibility index (Phi) is 6.87. The quantitative estimate of drug-likeness (QED) is 0.760. The molecule has 0 saturated heterocycles. The molecule has 0 radical (unpaired) electrons. The first-order valence-electron chi connectivity index (χ1n) is 9.29. The van der Waals surface area contributed by atoms with Crippen LogP contribution >= 0.6 is 11.6 Å². The summed E-state index contributed by atoms with van der Waals surface area (Å²) in [6.45, 7) is 1.74. The number of nitrogens with zero attached hydrogens (tertiary/aromatic N) is 2. The summed E-state index contributed by atoms with van der Waals surface area (Å²) in [7, 11) is -1.45. The van der Waals surface area contributed by atoms with E-state index in [0.717, 1.165) is 44.5 Å². The molecule has 1 aromatic heterocycles. The lowest BCUT2D eigenvalue weighted by atomic mass is 9.86. The highest BCUT2D eigenvalue weighted by Crippen LogP contribution is 2.27. The fourth-order valence-corrected chi connectivity index (χ4v) is 5.34. The third-order valence-electron chi connectivity index (χ3n) is 4.94. The summed E-state index contributed by atoms with van der Waals surface area (Å²) < 4.78 is 28.1. The van der Waals surface area contributed by atoms with E-state index in [0.29, 0.717) is 10.9 Å². The molecular weight excluding hydrogens is 382 g/mol. The van der Waals surface area contributed by atoms with Crippen molar-refractivity contribution in [2.45, 2.75) is 43.2 Å². The molecule has 5 nitrogen and oxygen atoms in total. The maximum Gasteiger partial charge on any atom is 0.240 e. The van der Waals surface area contributed by atoms with Crippen LogP contribution in [0.15, 0.2) is 53.6 Å². The number of halogens is 1. The molecule has 3 rings (SSSR count). The zero-order valence-corrected chi connectivity index (χ0v) is 17.1. The van der Waals surface area contributed by atoms with Gasteiger partial charge < -0.3 is 4.90 Å². The molecule has 1 aliphatic carbocycles. The van der Waals surface area contributed by atoms with Crippen molar-refractivity contribution in [3.63, 3.8) is 0 Å². The molecule has 1 aromatic carbocycles. The van der Waals surface area contributed by atoms with E-state index in [2.05, 4.69) is 21.7 Å². The minimum atomic E-state index is -3.54. The van der Waals surface area contributed by atoms with Crippen molar-refractivity contribution in [2.75, 3.05) is 13.6 Å². The number of aromatic nitrogens is 1. The maximum absolute atomic E-state index is 12.6. The summed E-state index contributed by atoms with van der Waals surface area (Å²) in [5, 5.41) is 0.426. The number of hydrogen-bond acceptors (Lipinski definition) is 4. The second-order valence-electron chi connectivity index (χ2n) is 7.33. The van der Waals surface area contributed by atoms with Gasteiger partial charge in [-0.1, -0.05) is 30.2 Å². The summed E-state index contributed by atoms with van der Waals surface area (Å²) in [5.41, 5.74) is 1.05. The van der Waals surface area contributed by atoms with E-state index in [1.54, 1.807) is 18.2 Å². The van der Waals surface area contributed by atoms with Gasteiger partial charge in [0.25, 0.3) is 0 Å². The Morgan fingerprint density at radius 2 is 2.07 bits per heavy atom. The number of benzene rings is 1. The van der Waals surface area contributed by atoms with Gasteiger partial charge in [-0.2, -0.15) is 0 Å². The van der Waals surface area contributed by atoms with Crippen LogP contribution in [0.4, 0.5) is 0 Å². The first-order valence-corrected chi connectivity index (χ1v) is 11.1. The van der Waals surface area contributed by atoms with Crippen LogP contribution in [0, 0.1) is 5.92 Å². The summed E-state index contributed by atoms with van der Waals surface area (Å²) in [4.78, 5) is 6.86. The van der Waals surface area contributed by atoms with Crippen molar-refractivity contribution < 1.29 is 8.42 Å². The zero-order chi connectivity index (χ0) is 19.3. The molecule has 1 heterocycles. The maximum atomic E-state index is 12.6. The standard InChI is InChI=1S/C20H26ClN3O2S/c1-24(15-19-8-2-3-11-22-19)14-16-6-4-9-18(12-16)23-27(25,26)20-10-5-7-17(21)13-20/h2-3,5,7-8,10-11,13,16,18,23H,4,6,9,12,14-15H2,1H3/t16-,18-/m1/s1. The molecule has 0 unspecified atom stereocenters. The lowest BCUT2D eigenvalue weighted by Gasteiger charge is -2.32. The smallest absolute Gasteiger partial charge is 0.240 e. The molecule has 2 aromatic rings. The molecule has 146 valence electrons. The van der Waals surface area contributed by atoms with Crippen LogP contribution < -0.4 is 4.72 Å². The van der Waals surface area contributed by atoms with Crippen LogP contribution in [0.2, 0.25) is 5.02 Å². The first kappa shape index (κ1) is 20.3. The Morgan fingerprint density at radius 3 is 2.81 bits per heavy atom. The molecule has 0 bridgehead atoms.